The van der Waals surface area contributed by atoms with E-state index in [9.17, 15) is 0 Å². The van der Waals surface area contributed by atoms with Gasteiger partial charge in [0.1, 0.15) is 17.5 Å². The van der Waals surface area contributed by atoms with Gasteiger partial charge >= 0.3 is 0 Å². The van der Waals surface area contributed by atoms with Crippen LogP contribution in [0.25, 0.3) is 0 Å². The van der Waals surface area contributed by atoms with Crippen LogP contribution in [0.15, 0.2) is 24.3 Å². The fourth-order valence-corrected chi connectivity index (χ4v) is 2.12. The Labute approximate surface area is 131 Å². The highest BCUT2D eigenvalue weighted by Gasteiger charge is 2.07. The van der Waals surface area contributed by atoms with Gasteiger partial charge in [-0.15, -0.1) is 0 Å². The molecule has 1 aromatic heterocycles. The predicted octanol–water partition coefficient (Wildman–Crippen LogP) is 4.70. The molecule has 1 aromatic carbocycles. The van der Waals surface area contributed by atoms with E-state index in [1.807, 2.05) is 38.1 Å². The molecule has 112 valence electrons. The van der Waals surface area contributed by atoms with Crippen molar-refractivity contribution in [2.24, 2.45) is 0 Å². The Hall–Kier alpha value is -1.81. The number of aromatic nitrogens is 2. The van der Waals surface area contributed by atoms with Crippen LogP contribution in [0.3, 0.4) is 0 Å². The molecule has 0 fully saturated rings. The number of aryl methyl sites for hydroxylation is 1. The summed E-state index contributed by atoms with van der Waals surface area (Å²) in [6.45, 7) is 8.14. The summed E-state index contributed by atoms with van der Waals surface area (Å²) in [5.41, 5.74) is 1.96. The number of rotatable bonds is 5. The molecule has 0 saturated carbocycles. The number of benzene rings is 1. The summed E-state index contributed by atoms with van der Waals surface area (Å²) in [6, 6.07) is 8.08. The lowest BCUT2D eigenvalue weighted by Gasteiger charge is -2.15. The molecule has 0 spiro atoms. The van der Waals surface area contributed by atoms with Gasteiger partial charge in [0.05, 0.1) is 0 Å². The van der Waals surface area contributed by atoms with Crippen molar-refractivity contribution in [3.05, 3.63) is 40.7 Å². The Bertz CT molecular complexity index is 628. The zero-order chi connectivity index (χ0) is 15.4. The van der Waals surface area contributed by atoms with Crippen LogP contribution in [0.2, 0.25) is 5.02 Å². The topological polar surface area (TPSA) is 49.8 Å². The fraction of sp³-hybridized carbons (Fsp3) is 0.375. The minimum absolute atomic E-state index is 0.375. The standard InChI is InChI=1S/C16H21ClN4/c1-5-10(2)18-15-9-16(20-12(4)19-15)21-14-8-6-7-13(17)11(14)3/h6-10H,5H2,1-4H3,(H2,18,19,20,21). The van der Waals surface area contributed by atoms with E-state index in [1.165, 1.54) is 0 Å². The van der Waals surface area contributed by atoms with E-state index in [1.54, 1.807) is 0 Å². The number of hydrogen-bond acceptors (Lipinski definition) is 4. The maximum Gasteiger partial charge on any atom is 0.136 e. The molecule has 1 heterocycles. The summed E-state index contributed by atoms with van der Waals surface area (Å²) in [5.74, 6) is 2.32. The number of hydrogen-bond donors (Lipinski definition) is 2. The molecule has 0 aliphatic rings. The van der Waals surface area contributed by atoms with Crippen molar-refractivity contribution in [2.75, 3.05) is 10.6 Å². The highest BCUT2D eigenvalue weighted by atomic mass is 35.5. The summed E-state index contributed by atoms with van der Waals surface area (Å²) >= 11 is 6.15. The Morgan fingerprint density at radius 2 is 1.90 bits per heavy atom. The van der Waals surface area contributed by atoms with E-state index < -0.39 is 0 Å². The van der Waals surface area contributed by atoms with Gasteiger partial charge in [-0.2, -0.15) is 0 Å². The van der Waals surface area contributed by atoms with Crippen molar-refractivity contribution in [2.45, 2.75) is 40.2 Å². The van der Waals surface area contributed by atoms with Crippen molar-refractivity contribution in [1.29, 1.82) is 0 Å². The molecule has 0 radical (unpaired) electrons. The number of halogens is 1. The third-order valence-electron chi connectivity index (χ3n) is 3.38. The summed E-state index contributed by atoms with van der Waals surface area (Å²) in [4.78, 5) is 8.84. The Morgan fingerprint density at radius 1 is 1.19 bits per heavy atom. The molecule has 0 amide bonds. The van der Waals surface area contributed by atoms with Crippen molar-refractivity contribution >= 4 is 28.9 Å². The lowest BCUT2D eigenvalue weighted by atomic mass is 10.2. The highest BCUT2D eigenvalue weighted by molar-refractivity contribution is 6.31. The molecular weight excluding hydrogens is 284 g/mol. The van der Waals surface area contributed by atoms with Crippen LogP contribution < -0.4 is 10.6 Å². The van der Waals surface area contributed by atoms with Gasteiger partial charge in [0.2, 0.25) is 0 Å². The Morgan fingerprint density at radius 3 is 2.62 bits per heavy atom. The Kier molecular flexibility index (Phi) is 5.02. The smallest absolute Gasteiger partial charge is 0.136 e. The van der Waals surface area contributed by atoms with Crippen LogP contribution in [0, 0.1) is 13.8 Å². The summed E-state index contributed by atoms with van der Waals surface area (Å²) < 4.78 is 0. The molecule has 0 aliphatic heterocycles. The monoisotopic (exact) mass is 304 g/mol. The minimum Gasteiger partial charge on any atom is -0.367 e. The molecule has 5 heteroatoms. The Balaban J connectivity index is 2.25. The molecule has 0 saturated heterocycles. The van der Waals surface area contributed by atoms with Gasteiger partial charge in [-0.25, -0.2) is 9.97 Å². The summed E-state index contributed by atoms with van der Waals surface area (Å²) in [7, 11) is 0. The van der Waals surface area contributed by atoms with E-state index in [4.69, 9.17) is 11.6 Å². The van der Waals surface area contributed by atoms with Crippen LogP contribution in [0.1, 0.15) is 31.7 Å². The van der Waals surface area contributed by atoms with Crippen molar-refractivity contribution in [3.8, 4) is 0 Å². The average Bonchev–Trinajstić information content (AvgIpc) is 2.43. The number of nitrogens with zero attached hydrogens (tertiary/aromatic N) is 2. The second-order valence-electron chi connectivity index (χ2n) is 5.18. The molecular formula is C16H21ClN4. The first-order chi connectivity index (χ1) is 9.99. The van der Waals surface area contributed by atoms with Crippen molar-refractivity contribution < 1.29 is 0 Å². The quantitative estimate of drug-likeness (QED) is 0.840. The largest absolute Gasteiger partial charge is 0.367 e. The van der Waals surface area contributed by atoms with Crippen LogP contribution in [0.5, 0.6) is 0 Å². The fourth-order valence-electron chi connectivity index (χ4n) is 1.94. The summed E-state index contributed by atoms with van der Waals surface area (Å²) in [6.07, 6.45) is 1.04. The third kappa shape index (κ3) is 4.08. The van der Waals surface area contributed by atoms with Crippen LogP contribution in [-0.2, 0) is 0 Å². The van der Waals surface area contributed by atoms with Gasteiger partial charge in [-0.1, -0.05) is 24.6 Å². The molecule has 4 nitrogen and oxygen atoms in total. The zero-order valence-corrected chi connectivity index (χ0v) is 13.6. The normalized spacial score (nSPS) is 12.0. The second-order valence-corrected chi connectivity index (χ2v) is 5.58. The first-order valence-electron chi connectivity index (χ1n) is 7.14. The molecule has 0 bridgehead atoms. The zero-order valence-electron chi connectivity index (χ0n) is 12.9. The van der Waals surface area contributed by atoms with Gasteiger partial charge in [-0.3, -0.25) is 0 Å². The average molecular weight is 305 g/mol. The van der Waals surface area contributed by atoms with Gasteiger partial charge < -0.3 is 10.6 Å². The van der Waals surface area contributed by atoms with E-state index in [0.29, 0.717) is 6.04 Å². The molecule has 2 N–H and O–H groups in total. The van der Waals surface area contributed by atoms with E-state index >= 15 is 0 Å². The molecule has 1 unspecified atom stereocenters. The number of nitrogens with one attached hydrogen (secondary N) is 2. The highest BCUT2D eigenvalue weighted by Crippen LogP contribution is 2.26. The first-order valence-corrected chi connectivity index (χ1v) is 7.51. The molecule has 21 heavy (non-hydrogen) atoms. The van der Waals surface area contributed by atoms with Crippen LogP contribution in [-0.4, -0.2) is 16.0 Å². The lowest BCUT2D eigenvalue weighted by molar-refractivity contribution is 0.757. The van der Waals surface area contributed by atoms with E-state index in [0.717, 1.165) is 40.2 Å². The second kappa shape index (κ2) is 6.76. The number of anilines is 3. The summed E-state index contributed by atoms with van der Waals surface area (Å²) in [5, 5.41) is 7.42. The first kappa shape index (κ1) is 15.6. The molecule has 2 aromatic rings. The predicted molar refractivity (Wildman–Crippen MR) is 89.6 cm³/mol. The van der Waals surface area contributed by atoms with Gasteiger partial charge in [0.25, 0.3) is 0 Å². The maximum absolute atomic E-state index is 6.15. The van der Waals surface area contributed by atoms with Crippen molar-refractivity contribution in [1.82, 2.24) is 9.97 Å². The SMILES string of the molecule is CCC(C)Nc1cc(Nc2cccc(Cl)c2C)nc(C)n1. The van der Waals surface area contributed by atoms with Crippen molar-refractivity contribution in [3.63, 3.8) is 0 Å². The minimum atomic E-state index is 0.375. The van der Waals surface area contributed by atoms with Crippen LogP contribution in [0.4, 0.5) is 17.3 Å². The van der Waals surface area contributed by atoms with Gasteiger partial charge in [0, 0.05) is 22.8 Å². The molecule has 2 rings (SSSR count). The van der Waals surface area contributed by atoms with Gasteiger partial charge in [-0.05, 0) is 44.9 Å². The molecule has 0 aliphatic carbocycles. The lowest BCUT2D eigenvalue weighted by Crippen LogP contribution is -2.15. The van der Waals surface area contributed by atoms with E-state index in [2.05, 4.69) is 34.4 Å². The van der Waals surface area contributed by atoms with Crippen LogP contribution >= 0.6 is 11.6 Å². The van der Waals surface area contributed by atoms with Gasteiger partial charge in [0.15, 0.2) is 0 Å². The third-order valence-corrected chi connectivity index (χ3v) is 3.78. The maximum atomic E-state index is 6.15. The molecule has 1 atom stereocenters. The van der Waals surface area contributed by atoms with E-state index in [-0.39, 0.29) is 0 Å².